The number of nitrogens with zero attached hydrogens (tertiary/aromatic N) is 1. The molecule has 0 atom stereocenters. The van der Waals surface area contributed by atoms with Gasteiger partial charge in [0.2, 0.25) is 5.91 Å². The molecule has 8 heteroatoms. The van der Waals surface area contributed by atoms with E-state index in [0.717, 1.165) is 38.2 Å². The van der Waals surface area contributed by atoms with Crippen LogP contribution in [0.3, 0.4) is 0 Å². The van der Waals surface area contributed by atoms with Crippen molar-refractivity contribution in [3.8, 4) is 0 Å². The standard InChI is InChI=1S/C19H30N4O2.2ClH/c1-20-10-4-5-18(24)22-15-16-6-8-17(9-7-16)19(25)21-11-14-23-12-2-3-13-23;;/h6-9,20H,2-5,10-15H2,1H3,(H,21,25)(H,22,24);2*1H. The van der Waals surface area contributed by atoms with Gasteiger partial charge in [0, 0.05) is 31.6 Å². The lowest BCUT2D eigenvalue weighted by molar-refractivity contribution is -0.121. The minimum absolute atomic E-state index is 0. The van der Waals surface area contributed by atoms with E-state index in [9.17, 15) is 9.59 Å². The number of halogens is 2. The smallest absolute Gasteiger partial charge is 0.251 e. The van der Waals surface area contributed by atoms with Crippen LogP contribution in [0, 0.1) is 0 Å². The largest absolute Gasteiger partial charge is 0.352 e. The number of hydrogen-bond acceptors (Lipinski definition) is 4. The minimum atomic E-state index is -0.0400. The van der Waals surface area contributed by atoms with Gasteiger partial charge in [0.05, 0.1) is 0 Å². The second-order valence-electron chi connectivity index (χ2n) is 6.49. The Bertz CT molecular complexity index is 549. The van der Waals surface area contributed by atoms with Gasteiger partial charge in [0.25, 0.3) is 5.91 Å². The first kappa shape index (κ1) is 25.7. The molecule has 2 amide bonds. The van der Waals surface area contributed by atoms with Crippen LogP contribution >= 0.6 is 24.8 Å². The molecule has 0 radical (unpaired) electrons. The summed E-state index contributed by atoms with van der Waals surface area (Å²) in [5, 5.41) is 8.89. The molecule has 154 valence electrons. The van der Waals surface area contributed by atoms with E-state index in [2.05, 4.69) is 20.9 Å². The highest BCUT2D eigenvalue weighted by atomic mass is 35.5. The van der Waals surface area contributed by atoms with E-state index in [4.69, 9.17) is 0 Å². The molecular weight excluding hydrogens is 387 g/mol. The predicted molar refractivity (Wildman–Crippen MR) is 114 cm³/mol. The summed E-state index contributed by atoms with van der Waals surface area (Å²) in [6, 6.07) is 7.41. The molecule has 1 aromatic carbocycles. The van der Waals surface area contributed by atoms with Gasteiger partial charge >= 0.3 is 0 Å². The van der Waals surface area contributed by atoms with Crippen LogP contribution in [0.25, 0.3) is 0 Å². The lowest BCUT2D eigenvalue weighted by atomic mass is 10.1. The molecule has 1 aliphatic rings. The molecule has 6 nitrogen and oxygen atoms in total. The molecular formula is C19H32Cl2N4O2. The number of rotatable bonds is 10. The van der Waals surface area contributed by atoms with Gasteiger partial charge in [-0.05, 0) is 63.6 Å². The van der Waals surface area contributed by atoms with E-state index >= 15 is 0 Å². The highest BCUT2D eigenvalue weighted by Gasteiger charge is 2.11. The maximum absolute atomic E-state index is 12.1. The molecule has 0 aromatic heterocycles. The number of amides is 2. The average Bonchev–Trinajstić information content (AvgIpc) is 3.14. The summed E-state index contributed by atoms with van der Waals surface area (Å²) in [5.41, 5.74) is 1.65. The topological polar surface area (TPSA) is 73.5 Å². The van der Waals surface area contributed by atoms with Crippen molar-refractivity contribution in [3.63, 3.8) is 0 Å². The molecule has 3 N–H and O–H groups in total. The third-order valence-corrected chi connectivity index (χ3v) is 4.45. The molecule has 1 heterocycles. The molecule has 0 unspecified atom stereocenters. The third kappa shape index (κ3) is 9.96. The Morgan fingerprint density at radius 1 is 1.00 bits per heavy atom. The molecule has 0 bridgehead atoms. The first-order valence-corrected chi connectivity index (χ1v) is 9.20. The van der Waals surface area contributed by atoms with Crippen LogP contribution in [-0.4, -0.2) is 56.5 Å². The number of carbonyl (C=O) groups is 2. The first-order valence-electron chi connectivity index (χ1n) is 9.20. The molecule has 0 spiro atoms. The van der Waals surface area contributed by atoms with Gasteiger partial charge < -0.3 is 20.9 Å². The Hall–Kier alpha value is -1.34. The molecule has 1 aliphatic heterocycles. The van der Waals surface area contributed by atoms with Crippen LogP contribution in [-0.2, 0) is 11.3 Å². The molecule has 1 aromatic rings. The Balaban J connectivity index is 0.00000338. The van der Waals surface area contributed by atoms with Crippen molar-refractivity contribution in [1.29, 1.82) is 0 Å². The number of carbonyl (C=O) groups excluding carboxylic acids is 2. The molecule has 0 aliphatic carbocycles. The SMILES string of the molecule is CNCCCC(=O)NCc1ccc(C(=O)NCCN2CCCC2)cc1.Cl.Cl. The van der Waals surface area contributed by atoms with Gasteiger partial charge in [-0.1, -0.05) is 12.1 Å². The van der Waals surface area contributed by atoms with Crippen molar-refractivity contribution in [2.24, 2.45) is 0 Å². The lowest BCUT2D eigenvalue weighted by Gasteiger charge is -2.14. The zero-order valence-corrected chi connectivity index (χ0v) is 17.6. The summed E-state index contributed by atoms with van der Waals surface area (Å²) in [6.07, 6.45) is 3.89. The summed E-state index contributed by atoms with van der Waals surface area (Å²) >= 11 is 0. The van der Waals surface area contributed by atoms with Crippen LogP contribution < -0.4 is 16.0 Å². The van der Waals surface area contributed by atoms with E-state index < -0.39 is 0 Å². The molecule has 27 heavy (non-hydrogen) atoms. The van der Waals surface area contributed by atoms with Crippen LogP contribution in [0.15, 0.2) is 24.3 Å². The fourth-order valence-corrected chi connectivity index (χ4v) is 2.92. The molecule has 1 fully saturated rings. The summed E-state index contributed by atoms with van der Waals surface area (Å²) in [4.78, 5) is 26.2. The van der Waals surface area contributed by atoms with E-state index in [0.29, 0.717) is 25.1 Å². The zero-order chi connectivity index (χ0) is 17.9. The van der Waals surface area contributed by atoms with Gasteiger partial charge in [-0.15, -0.1) is 24.8 Å². The fraction of sp³-hybridized carbons (Fsp3) is 0.579. The normalized spacial score (nSPS) is 13.4. The van der Waals surface area contributed by atoms with E-state index in [1.54, 1.807) is 0 Å². The van der Waals surface area contributed by atoms with Gasteiger partial charge in [0.1, 0.15) is 0 Å². The molecule has 0 saturated carbocycles. The molecule has 2 rings (SSSR count). The van der Waals surface area contributed by atoms with Crippen LogP contribution in [0.1, 0.15) is 41.6 Å². The number of nitrogens with one attached hydrogen (secondary N) is 3. The van der Waals surface area contributed by atoms with Crippen molar-refractivity contribution < 1.29 is 9.59 Å². The summed E-state index contributed by atoms with van der Waals surface area (Å²) in [7, 11) is 1.88. The minimum Gasteiger partial charge on any atom is -0.352 e. The Morgan fingerprint density at radius 3 is 2.30 bits per heavy atom. The number of benzene rings is 1. The van der Waals surface area contributed by atoms with Crippen molar-refractivity contribution in [2.45, 2.75) is 32.2 Å². The Morgan fingerprint density at radius 2 is 1.67 bits per heavy atom. The number of hydrogen-bond donors (Lipinski definition) is 3. The summed E-state index contributed by atoms with van der Waals surface area (Å²) in [5.74, 6) is 0.0147. The summed E-state index contributed by atoms with van der Waals surface area (Å²) in [6.45, 7) is 5.23. The third-order valence-electron chi connectivity index (χ3n) is 4.45. The van der Waals surface area contributed by atoms with Gasteiger partial charge in [-0.25, -0.2) is 0 Å². The highest BCUT2D eigenvalue weighted by Crippen LogP contribution is 2.07. The lowest BCUT2D eigenvalue weighted by Crippen LogP contribution is -2.33. The maximum Gasteiger partial charge on any atom is 0.251 e. The fourth-order valence-electron chi connectivity index (χ4n) is 2.92. The van der Waals surface area contributed by atoms with Crippen molar-refractivity contribution >= 4 is 36.6 Å². The second kappa shape index (κ2) is 14.7. The predicted octanol–water partition coefficient (Wildman–Crippen LogP) is 1.97. The van der Waals surface area contributed by atoms with E-state index in [1.165, 1.54) is 12.8 Å². The maximum atomic E-state index is 12.1. The average molecular weight is 419 g/mol. The second-order valence-corrected chi connectivity index (χ2v) is 6.49. The van der Waals surface area contributed by atoms with E-state index in [1.807, 2.05) is 31.3 Å². The Labute approximate surface area is 174 Å². The highest BCUT2D eigenvalue weighted by molar-refractivity contribution is 5.94. The zero-order valence-electron chi connectivity index (χ0n) is 16.0. The van der Waals surface area contributed by atoms with Crippen LogP contribution in [0.2, 0.25) is 0 Å². The monoisotopic (exact) mass is 418 g/mol. The van der Waals surface area contributed by atoms with Crippen molar-refractivity contribution in [3.05, 3.63) is 35.4 Å². The quantitative estimate of drug-likeness (QED) is 0.507. The van der Waals surface area contributed by atoms with Crippen molar-refractivity contribution in [2.75, 3.05) is 39.8 Å². The van der Waals surface area contributed by atoms with E-state index in [-0.39, 0.29) is 36.6 Å². The Kier molecular flexibility index (Phi) is 14.0. The number of likely N-dealkylation sites (tertiary alicyclic amines) is 1. The van der Waals surface area contributed by atoms with Gasteiger partial charge in [-0.2, -0.15) is 0 Å². The first-order chi connectivity index (χ1) is 12.2. The van der Waals surface area contributed by atoms with Gasteiger partial charge in [-0.3, -0.25) is 9.59 Å². The van der Waals surface area contributed by atoms with Gasteiger partial charge in [0.15, 0.2) is 0 Å². The van der Waals surface area contributed by atoms with Crippen LogP contribution in [0.4, 0.5) is 0 Å². The summed E-state index contributed by atoms with van der Waals surface area (Å²) < 4.78 is 0. The van der Waals surface area contributed by atoms with Crippen molar-refractivity contribution in [1.82, 2.24) is 20.9 Å². The molecule has 1 saturated heterocycles. The van der Waals surface area contributed by atoms with Crippen LogP contribution in [0.5, 0.6) is 0 Å².